The molecule has 0 atom stereocenters. The molecule has 3 rings (SSSR count). The first-order valence-electron chi connectivity index (χ1n) is 6.56. The number of nitrogens with zero attached hydrogens (tertiary/aromatic N) is 2. The number of aryl methyl sites for hydroxylation is 1. The molecule has 3 nitrogen and oxygen atoms in total. The number of carbonyl (C=O) groups is 1. The Morgan fingerprint density at radius 3 is 2.57 bits per heavy atom. The Hall–Kier alpha value is -2.39. The molecule has 0 fully saturated rings. The molecule has 2 aromatic carbocycles. The maximum Gasteiger partial charge on any atom is 0.211 e. The van der Waals surface area contributed by atoms with E-state index >= 15 is 0 Å². The average Bonchev–Trinajstić information content (AvgIpc) is 2.95. The van der Waals surface area contributed by atoms with E-state index in [9.17, 15) is 4.79 Å². The van der Waals surface area contributed by atoms with Crippen LogP contribution in [0, 0.1) is 6.92 Å². The molecule has 0 aliphatic carbocycles. The van der Waals surface area contributed by atoms with Crippen molar-refractivity contribution in [3.8, 4) is 5.69 Å². The predicted octanol–water partition coefficient (Wildman–Crippen LogP) is 4.07. The molecule has 4 heteroatoms. The second kappa shape index (κ2) is 5.54. The summed E-state index contributed by atoms with van der Waals surface area (Å²) < 4.78 is 1.64. The smallest absolute Gasteiger partial charge is 0.211 e. The van der Waals surface area contributed by atoms with Gasteiger partial charge in [-0.3, -0.25) is 4.79 Å². The maximum absolute atomic E-state index is 12.7. The number of para-hydroxylation sites is 1. The second-order valence-corrected chi connectivity index (χ2v) is 5.25. The van der Waals surface area contributed by atoms with Crippen molar-refractivity contribution in [1.29, 1.82) is 0 Å². The SMILES string of the molecule is Cc1cc(Cl)cc(C(=O)c2ccnn2-c2ccccc2)c1. The highest BCUT2D eigenvalue weighted by atomic mass is 35.5. The Morgan fingerprint density at radius 2 is 1.86 bits per heavy atom. The molecule has 1 heterocycles. The highest BCUT2D eigenvalue weighted by Crippen LogP contribution is 2.19. The Morgan fingerprint density at radius 1 is 1.10 bits per heavy atom. The van der Waals surface area contributed by atoms with Crippen LogP contribution in [0.15, 0.2) is 60.8 Å². The third kappa shape index (κ3) is 2.73. The number of halogens is 1. The number of hydrogen-bond donors (Lipinski definition) is 0. The number of aromatic nitrogens is 2. The van der Waals surface area contributed by atoms with Crippen LogP contribution in [0.25, 0.3) is 5.69 Å². The predicted molar refractivity (Wildman–Crippen MR) is 83.2 cm³/mol. The monoisotopic (exact) mass is 296 g/mol. The van der Waals surface area contributed by atoms with Crippen LogP contribution in [-0.4, -0.2) is 15.6 Å². The molecule has 0 radical (unpaired) electrons. The van der Waals surface area contributed by atoms with Crippen molar-refractivity contribution in [2.45, 2.75) is 6.92 Å². The van der Waals surface area contributed by atoms with E-state index in [0.717, 1.165) is 11.3 Å². The molecule has 0 aliphatic heterocycles. The number of ketones is 1. The van der Waals surface area contributed by atoms with Crippen LogP contribution >= 0.6 is 11.6 Å². The van der Waals surface area contributed by atoms with Gasteiger partial charge < -0.3 is 0 Å². The topological polar surface area (TPSA) is 34.9 Å². The summed E-state index contributed by atoms with van der Waals surface area (Å²) in [6, 6.07) is 16.6. The van der Waals surface area contributed by atoms with Crippen molar-refractivity contribution >= 4 is 17.4 Å². The molecule has 0 bridgehead atoms. The Labute approximate surface area is 127 Å². The van der Waals surface area contributed by atoms with E-state index in [0.29, 0.717) is 16.3 Å². The molecule has 0 amide bonds. The van der Waals surface area contributed by atoms with Gasteiger partial charge >= 0.3 is 0 Å². The summed E-state index contributed by atoms with van der Waals surface area (Å²) in [7, 11) is 0. The van der Waals surface area contributed by atoms with Crippen LogP contribution in [0.4, 0.5) is 0 Å². The van der Waals surface area contributed by atoms with E-state index in [4.69, 9.17) is 11.6 Å². The molecule has 0 unspecified atom stereocenters. The van der Waals surface area contributed by atoms with Crippen molar-refractivity contribution < 1.29 is 4.79 Å². The molecule has 1 aromatic heterocycles. The minimum Gasteiger partial charge on any atom is -0.287 e. The molecule has 0 saturated heterocycles. The number of benzene rings is 2. The molecule has 104 valence electrons. The number of rotatable bonds is 3. The summed E-state index contributed by atoms with van der Waals surface area (Å²) in [4.78, 5) is 12.7. The third-order valence-electron chi connectivity index (χ3n) is 3.18. The first kappa shape index (κ1) is 13.6. The van der Waals surface area contributed by atoms with Crippen molar-refractivity contribution in [3.63, 3.8) is 0 Å². The molecular weight excluding hydrogens is 284 g/mol. The van der Waals surface area contributed by atoms with E-state index < -0.39 is 0 Å². The van der Waals surface area contributed by atoms with E-state index in [-0.39, 0.29) is 5.78 Å². The van der Waals surface area contributed by atoms with Crippen LogP contribution in [0.2, 0.25) is 5.02 Å². The summed E-state index contributed by atoms with van der Waals surface area (Å²) >= 11 is 6.04. The summed E-state index contributed by atoms with van der Waals surface area (Å²) in [5.41, 5.74) is 2.89. The fourth-order valence-electron chi connectivity index (χ4n) is 2.27. The zero-order valence-electron chi connectivity index (χ0n) is 11.5. The van der Waals surface area contributed by atoms with E-state index in [2.05, 4.69) is 5.10 Å². The standard InChI is InChI=1S/C17H13ClN2O/c1-12-9-13(11-14(18)10-12)17(21)16-7-8-19-20(16)15-5-3-2-4-6-15/h2-11H,1H3. The van der Waals surface area contributed by atoms with Gasteiger partial charge in [0, 0.05) is 10.6 Å². The van der Waals surface area contributed by atoms with Gasteiger partial charge in [0.25, 0.3) is 0 Å². The molecule has 21 heavy (non-hydrogen) atoms. The summed E-state index contributed by atoms with van der Waals surface area (Å²) in [6.45, 7) is 1.91. The summed E-state index contributed by atoms with van der Waals surface area (Å²) in [5.74, 6) is -0.0954. The Balaban J connectivity index is 2.06. The van der Waals surface area contributed by atoms with Gasteiger partial charge in [-0.2, -0.15) is 5.10 Å². The lowest BCUT2D eigenvalue weighted by molar-refractivity contribution is 0.103. The highest BCUT2D eigenvalue weighted by Gasteiger charge is 2.16. The van der Waals surface area contributed by atoms with E-state index in [1.54, 1.807) is 23.0 Å². The zero-order chi connectivity index (χ0) is 14.8. The van der Waals surface area contributed by atoms with Crippen molar-refractivity contribution in [1.82, 2.24) is 9.78 Å². The average molecular weight is 297 g/mol. The van der Waals surface area contributed by atoms with Crippen molar-refractivity contribution in [2.24, 2.45) is 0 Å². The Bertz CT molecular complexity index is 773. The van der Waals surface area contributed by atoms with Gasteiger partial charge in [-0.25, -0.2) is 4.68 Å². The van der Waals surface area contributed by atoms with Crippen LogP contribution < -0.4 is 0 Å². The number of hydrogen-bond acceptors (Lipinski definition) is 2. The molecule has 3 aromatic rings. The molecular formula is C17H13ClN2O. The molecule has 0 aliphatic rings. The van der Waals surface area contributed by atoms with Gasteiger partial charge in [0.1, 0.15) is 5.69 Å². The second-order valence-electron chi connectivity index (χ2n) is 4.81. The zero-order valence-corrected chi connectivity index (χ0v) is 12.2. The van der Waals surface area contributed by atoms with Gasteiger partial charge in [-0.1, -0.05) is 29.8 Å². The van der Waals surface area contributed by atoms with Crippen LogP contribution in [0.5, 0.6) is 0 Å². The maximum atomic E-state index is 12.7. The Kier molecular flexibility index (Phi) is 3.59. The highest BCUT2D eigenvalue weighted by molar-refractivity contribution is 6.31. The minimum absolute atomic E-state index is 0.0954. The van der Waals surface area contributed by atoms with Crippen molar-refractivity contribution in [2.75, 3.05) is 0 Å². The van der Waals surface area contributed by atoms with Crippen molar-refractivity contribution in [3.05, 3.63) is 82.6 Å². The fourth-order valence-corrected chi connectivity index (χ4v) is 2.56. The lowest BCUT2D eigenvalue weighted by Crippen LogP contribution is -2.10. The van der Waals surface area contributed by atoms with Crippen LogP contribution in [-0.2, 0) is 0 Å². The lowest BCUT2D eigenvalue weighted by Gasteiger charge is -2.07. The van der Waals surface area contributed by atoms with Gasteiger partial charge in [-0.05, 0) is 48.9 Å². The third-order valence-corrected chi connectivity index (χ3v) is 3.40. The van der Waals surface area contributed by atoms with Gasteiger partial charge in [0.2, 0.25) is 5.78 Å². The fraction of sp³-hybridized carbons (Fsp3) is 0.0588. The van der Waals surface area contributed by atoms with E-state index in [1.165, 1.54) is 0 Å². The quantitative estimate of drug-likeness (QED) is 0.683. The first-order chi connectivity index (χ1) is 10.1. The molecule has 0 spiro atoms. The summed E-state index contributed by atoms with van der Waals surface area (Å²) in [5, 5.41) is 4.80. The van der Waals surface area contributed by atoms with Gasteiger partial charge in [-0.15, -0.1) is 0 Å². The summed E-state index contributed by atoms with van der Waals surface area (Å²) in [6.07, 6.45) is 1.62. The lowest BCUT2D eigenvalue weighted by atomic mass is 10.1. The van der Waals surface area contributed by atoms with Crippen LogP contribution in [0.3, 0.4) is 0 Å². The number of carbonyl (C=O) groups excluding carboxylic acids is 1. The largest absolute Gasteiger partial charge is 0.287 e. The molecule has 0 saturated carbocycles. The first-order valence-corrected chi connectivity index (χ1v) is 6.94. The van der Waals surface area contributed by atoms with E-state index in [1.807, 2.05) is 49.4 Å². The molecule has 0 N–H and O–H groups in total. The minimum atomic E-state index is -0.0954. The normalized spacial score (nSPS) is 10.6. The van der Waals surface area contributed by atoms with Crippen LogP contribution in [0.1, 0.15) is 21.6 Å². The van der Waals surface area contributed by atoms with Gasteiger partial charge in [0.15, 0.2) is 0 Å². The van der Waals surface area contributed by atoms with Gasteiger partial charge in [0.05, 0.1) is 11.9 Å².